The maximum absolute atomic E-state index is 11.8. The van der Waals surface area contributed by atoms with E-state index in [9.17, 15) is 4.79 Å². The SMILES string of the molecule is CCCc1nnc(NC(=O)COc2ccc3c(c2)OCO3)s1. The summed E-state index contributed by atoms with van der Waals surface area (Å²) in [4.78, 5) is 11.8. The largest absolute Gasteiger partial charge is 0.484 e. The van der Waals surface area contributed by atoms with Crippen LogP contribution in [0.15, 0.2) is 18.2 Å². The molecular weight excluding hydrogens is 306 g/mol. The smallest absolute Gasteiger partial charge is 0.264 e. The van der Waals surface area contributed by atoms with Crippen molar-refractivity contribution in [1.82, 2.24) is 10.2 Å². The highest BCUT2D eigenvalue weighted by molar-refractivity contribution is 7.15. The number of benzene rings is 1. The fourth-order valence-corrected chi connectivity index (χ4v) is 2.75. The average Bonchev–Trinajstić information content (AvgIpc) is 3.14. The Kier molecular flexibility index (Phi) is 4.38. The molecule has 8 heteroatoms. The Morgan fingerprint density at radius 3 is 3.09 bits per heavy atom. The molecule has 0 saturated heterocycles. The standard InChI is InChI=1S/C14H15N3O4S/c1-2-3-13-16-17-14(22-13)15-12(18)7-19-9-4-5-10-11(6-9)21-8-20-10/h4-6H,2-3,7-8H2,1H3,(H,15,17,18). The third-order valence-corrected chi connectivity index (χ3v) is 3.79. The molecule has 1 aromatic heterocycles. The quantitative estimate of drug-likeness (QED) is 0.878. The molecule has 0 fully saturated rings. The van der Waals surface area contributed by atoms with Crippen LogP contribution in [-0.4, -0.2) is 29.5 Å². The lowest BCUT2D eigenvalue weighted by molar-refractivity contribution is -0.118. The molecule has 1 aliphatic rings. The molecule has 3 rings (SSSR count). The summed E-state index contributed by atoms with van der Waals surface area (Å²) in [6, 6.07) is 5.17. The number of rotatable bonds is 6. The second-order valence-electron chi connectivity index (χ2n) is 4.60. The second kappa shape index (κ2) is 6.61. The lowest BCUT2D eigenvalue weighted by atomic mass is 10.3. The van der Waals surface area contributed by atoms with E-state index >= 15 is 0 Å². The molecule has 0 bridgehead atoms. The lowest BCUT2D eigenvalue weighted by Crippen LogP contribution is -2.20. The van der Waals surface area contributed by atoms with Crippen LogP contribution in [0.2, 0.25) is 0 Å². The van der Waals surface area contributed by atoms with Gasteiger partial charge in [0.25, 0.3) is 5.91 Å². The van der Waals surface area contributed by atoms with Crippen LogP contribution < -0.4 is 19.5 Å². The number of carbonyl (C=O) groups is 1. The maximum Gasteiger partial charge on any atom is 0.264 e. The maximum atomic E-state index is 11.8. The molecule has 0 spiro atoms. The van der Waals surface area contributed by atoms with Crippen LogP contribution in [0.1, 0.15) is 18.4 Å². The third kappa shape index (κ3) is 3.45. The first-order valence-electron chi connectivity index (χ1n) is 6.89. The number of aryl methyl sites for hydroxylation is 1. The molecule has 2 heterocycles. The highest BCUT2D eigenvalue weighted by Gasteiger charge is 2.14. The van der Waals surface area contributed by atoms with Crippen molar-refractivity contribution < 1.29 is 19.0 Å². The number of amides is 1. The second-order valence-corrected chi connectivity index (χ2v) is 5.66. The number of fused-ring (bicyclic) bond motifs is 1. The first-order valence-corrected chi connectivity index (χ1v) is 7.71. The molecule has 22 heavy (non-hydrogen) atoms. The van der Waals surface area contributed by atoms with E-state index in [2.05, 4.69) is 22.4 Å². The topological polar surface area (TPSA) is 82.6 Å². The van der Waals surface area contributed by atoms with Gasteiger partial charge < -0.3 is 14.2 Å². The summed E-state index contributed by atoms with van der Waals surface area (Å²) in [7, 11) is 0. The van der Waals surface area contributed by atoms with Gasteiger partial charge in [0.05, 0.1) is 0 Å². The number of carbonyl (C=O) groups excluding carboxylic acids is 1. The van der Waals surface area contributed by atoms with Crippen molar-refractivity contribution in [3.8, 4) is 17.2 Å². The summed E-state index contributed by atoms with van der Waals surface area (Å²) in [6.07, 6.45) is 1.86. The van der Waals surface area contributed by atoms with Gasteiger partial charge in [0.2, 0.25) is 11.9 Å². The molecule has 2 aromatic rings. The monoisotopic (exact) mass is 321 g/mol. The number of nitrogens with zero attached hydrogens (tertiary/aromatic N) is 2. The average molecular weight is 321 g/mol. The highest BCUT2D eigenvalue weighted by atomic mass is 32.1. The van der Waals surface area contributed by atoms with Gasteiger partial charge in [0.15, 0.2) is 18.1 Å². The minimum Gasteiger partial charge on any atom is -0.484 e. The minimum absolute atomic E-state index is 0.109. The Balaban J connectivity index is 1.51. The van der Waals surface area contributed by atoms with Crippen molar-refractivity contribution >= 4 is 22.4 Å². The molecular formula is C14H15N3O4S. The van der Waals surface area contributed by atoms with Crippen LogP contribution in [-0.2, 0) is 11.2 Å². The van der Waals surface area contributed by atoms with E-state index in [0.29, 0.717) is 22.4 Å². The molecule has 0 radical (unpaired) electrons. The van der Waals surface area contributed by atoms with Crippen molar-refractivity contribution in [1.29, 1.82) is 0 Å². The van der Waals surface area contributed by atoms with Crippen LogP contribution in [0.5, 0.6) is 17.2 Å². The van der Waals surface area contributed by atoms with E-state index in [0.717, 1.165) is 17.8 Å². The fourth-order valence-electron chi connectivity index (χ4n) is 1.89. The predicted octanol–water partition coefficient (Wildman–Crippen LogP) is 2.24. The number of anilines is 1. The highest BCUT2D eigenvalue weighted by Crippen LogP contribution is 2.35. The number of nitrogens with one attached hydrogen (secondary N) is 1. The van der Waals surface area contributed by atoms with Crippen LogP contribution in [0.3, 0.4) is 0 Å². The van der Waals surface area contributed by atoms with Gasteiger partial charge in [-0.3, -0.25) is 10.1 Å². The van der Waals surface area contributed by atoms with Gasteiger partial charge >= 0.3 is 0 Å². The lowest BCUT2D eigenvalue weighted by Gasteiger charge is -2.06. The van der Waals surface area contributed by atoms with Crippen LogP contribution in [0.4, 0.5) is 5.13 Å². The zero-order valence-corrected chi connectivity index (χ0v) is 12.8. The Hall–Kier alpha value is -2.35. The zero-order chi connectivity index (χ0) is 15.4. The molecule has 0 saturated carbocycles. The molecule has 1 aliphatic heterocycles. The Bertz CT molecular complexity index is 674. The number of ether oxygens (including phenoxy) is 3. The number of aromatic nitrogens is 2. The molecule has 1 N–H and O–H groups in total. The van der Waals surface area contributed by atoms with E-state index in [4.69, 9.17) is 14.2 Å². The van der Waals surface area contributed by atoms with Crippen molar-refractivity contribution in [2.75, 3.05) is 18.7 Å². The zero-order valence-electron chi connectivity index (χ0n) is 12.0. The van der Waals surface area contributed by atoms with Crippen LogP contribution >= 0.6 is 11.3 Å². The van der Waals surface area contributed by atoms with E-state index in [-0.39, 0.29) is 19.3 Å². The van der Waals surface area contributed by atoms with Gasteiger partial charge in [-0.15, -0.1) is 10.2 Å². The normalized spacial score (nSPS) is 12.2. The summed E-state index contributed by atoms with van der Waals surface area (Å²) >= 11 is 1.38. The molecule has 1 amide bonds. The third-order valence-electron chi connectivity index (χ3n) is 2.89. The summed E-state index contributed by atoms with van der Waals surface area (Å²) in [6.45, 7) is 2.16. The first kappa shape index (κ1) is 14.6. The number of hydrogen-bond acceptors (Lipinski definition) is 7. The van der Waals surface area contributed by atoms with Gasteiger partial charge in [-0.2, -0.15) is 0 Å². The minimum atomic E-state index is -0.281. The van der Waals surface area contributed by atoms with Gasteiger partial charge in [0.1, 0.15) is 10.8 Å². The molecule has 7 nitrogen and oxygen atoms in total. The molecule has 0 unspecified atom stereocenters. The van der Waals surface area contributed by atoms with Crippen LogP contribution in [0, 0.1) is 0 Å². The van der Waals surface area contributed by atoms with Crippen molar-refractivity contribution in [3.05, 3.63) is 23.2 Å². The van der Waals surface area contributed by atoms with Gasteiger partial charge in [-0.25, -0.2) is 0 Å². The summed E-state index contributed by atoms with van der Waals surface area (Å²) in [5, 5.41) is 12.0. The predicted molar refractivity (Wildman–Crippen MR) is 80.6 cm³/mol. The van der Waals surface area contributed by atoms with Gasteiger partial charge in [0, 0.05) is 12.5 Å². The molecule has 1 aromatic carbocycles. The van der Waals surface area contributed by atoms with E-state index in [1.165, 1.54) is 11.3 Å². The molecule has 0 atom stereocenters. The van der Waals surface area contributed by atoms with Crippen molar-refractivity contribution in [3.63, 3.8) is 0 Å². The van der Waals surface area contributed by atoms with Gasteiger partial charge in [-0.1, -0.05) is 18.3 Å². The molecule has 116 valence electrons. The van der Waals surface area contributed by atoms with E-state index < -0.39 is 0 Å². The Morgan fingerprint density at radius 2 is 2.23 bits per heavy atom. The fraction of sp³-hybridized carbons (Fsp3) is 0.357. The summed E-state index contributed by atoms with van der Waals surface area (Å²) in [5.74, 6) is 1.56. The first-order chi connectivity index (χ1) is 10.7. The van der Waals surface area contributed by atoms with Crippen LogP contribution in [0.25, 0.3) is 0 Å². The van der Waals surface area contributed by atoms with E-state index in [1.54, 1.807) is 18.2 Å². The van der Waals surface area contributed by atoms with E-state index in [1.807, 2.05) is 0 Å². The van der Waals surface area contributed by atoms with Crippen molar-refractivity contribution in [2.45, 2.75) is 19.8 Å². The van der Waals surface area contributed by atoms with Gasteiger partial charge in [-0.05, 0) is 18.6 Å². The Labute approximate surface area is 131 Å². The Morgan fingerprint density at radius 1 is 1.36 bits per heavy atom. The van der Waals surface area contributed by atoms with Crippen molar-refractivity contribution in [2.24, 2.45) is 0 Å². The number of hydrogen-bond donors (Lipinski definition) is 1. The summed E-state index contributed by atoms with van der Waals surface area (Å²) < 4.78 is 15.9. The molecule has 0 aliphatic carbocycles. The summed E-state index contributed by atoms with van der Waals surface area (Å²) in [5.41, 5.74) is 0.